The van der Waals surface area contributed by atoms with Crippen LogP contribution in [0.1, 0.15) is 0 Å². The van der Waals surface area contributed by atoms with Crippen molar-refractivity contribution in [1.29, 1.82) is 0 Å². The zero-order chi connectivity index (χ0) is 36.6. The molecular weight excluding hydrogens is 681 g/mol. The summed E-state index contributed by atoms with van der Waals surface area (Å²) >= 11 is 0. The first-order valence-corrected chi connectivity index (χ1v) is 20.8. The quantitative estimate of drug-likeness (QED) is 0.154. The van der Waals surface area contributed by atoms with Crippen molar-refractivity contribution in [3.63, 3.8) is 0 Å². The average molecular weight is 717 g/mol. The second-order valence-electron chi connectivity index (χ2n) is 14.1. The van der Waals surface area contributed by atoms with E-state index in [9.17, 15) is 0 Å². The summed E-state index contributed by atoms with van der Waals surface area (Å²) in [6.45, 7) is 0. The molecule has 1 aliphatic rings. The molecule has 0 amide bonds. The number of hydrogen-bond donors (Lipinski definition) is 0. The van der Waals surface area contributed by atoms with Gasteiger partial charge in [-0.05, 0) is 66.3 Å². The Kier molecular flexibility index (Phi) is 8.20. The minimum absolute atomic E-state index is 0.715. The highest BCUT2D eigenvalue weighted by Crippen LogP contribution is 2.34. The number of nitrogens with zero attached hydrogens (tertiary/aromatic N) is 2. The fraction of sp³-hybridized carbons (Fsp3) is 0. The molecule has 55 heavy (non-hydrogen) atoms. The van der Waals surface area contributed by atoms with Crippen molar-refractivity contribution in [3.8, 4) is 67.3 Å². The van der Waals surface area contributed by atoms with E-state index in [4.69, 9.17) is 9.97 Å². The van der Waals surface area contributed by atoms with Crippen LogP contribution < -0.4 is 20.7 Å². The van der Waals surface area contributed by atoms with Crippen LogP contribution in [0.4, 0.5) is 0 Å². The van der Waals surface area contributed by atoms with Gasteiger partial charge in [-0.1, -0.05) is 206 Å². The van der Waals surface area contributed by atoms with Gasteiger partial charge in [0.1, 0.15) is 0 Å². The van der Waals surface area contributed by atoms with Crippen molar-refractivity contribution in [3.05, 3.63) is 218 Å². The van der Waals surface area contributed by atoms with E-state index in [0.29, 0.717) is 5.82 Å². The summed E-state index contributed by atoms with van der Waals surface area (Å²) in [7, 11) is -2.48. The standard InChI is InChI=1S/C52H36N2Si/c1-5-15-40(16-6-1)48-36-49(41-17-7-2-8-18-41)54-52(53-48)42-31-29-38(30-32-42)37-25-27-39(28-26-37)43-33-34-51-47(35-43)46-23-13-14-24-50(46)55(51,44-19-9-3-10-20-44)45-21-11-4-12-22-45/h1-36H. The van der Waals surface area contributed by atoms with Gasteiger partial charge in [0.2, 0.25) is 0 Å². The van der Waals surface area contributed by atoms with Crippen molar-refractivity contribution in [2.75, 3.05) is 0 Å². The molecule has 10 rings (SSSR count). The Morgan fingerprint density at radius 2 is 0.673 bits per heavy atom. The summed E-state index contributed by atoms with van der Waals surface area (Å²) in [4.78, 5) is 10.0. The van der Waals surface area contributed by atoms with Crippen LogP contribution in [0.25, 0.3) is 67.3 Å². The Bertz CT molecular complexity index is 2670. The molecule has 2 heterocycles. The summed E-state index contributed by atoms with van der Waals surface area (Å²) in [5.41, 5.74) is 12.4. The minimum Gasteiger partial charge on any atom is -0.228 e. The van der Waals surface area contributed by atoms with Crippen LogP contribution in [0.15, 0.2) is 218 Å². The van der Waals surface area contributed by atoms with Crippen molar-refractivity contribution in [1.82, 2.24) is 9.97 Å². The fourth-order valence-electron chi connectivity index (χ4n) is 8.39. The van der Waals surface area contributed by atoms with Crippen LogP contribution in [-0.2, 0) is 0 Å². The Morgan fingerprint density at radius 3 is 1.20 bits per heavy atom. The summed E-state index contributed by atoms with van der Waals surface area (Å²) in [5.74, 6) is 0.715. The lowest BCUT2D eigenvalue weighted by atomic mass is 9.97. The normalized spacial score (nSPS) is 12.5. The van der Waals surface area contributed by atoms with E-state index in [2.05, 4.69) is 182 Å². The molecule has 0 saturated carbocycles. The molecule has 0 fully saturated rings. The van der Waals surface area contributed by atoms with Gasteiger partial charge in [0, 0.05) is 16.7 Å². The highest BCUT2D eigenvalue weighted by atomic mass is 28.3. The largest absolute Gasteiger partial charge is 0.228 e. The van der Waals surface area contributed by atoms with Crippen LogP contribution >= 0.6 is 0 Å². The lowest BCUT2D eigenvalue weighted by molar-refractivity contribution is 1.18. The molecule has 9 aromatic rings. The highest BCUT2D eigenvalue weighted by molar-refractivity contribution is 7.22. The molecule has 0 atom stereocenters. The number of fused-ring (bicyclic) bond motifs is 3. The van der Waals surface area contributed by atoms with Gasteiger partial charge >= 0.3 is 0 Å². The third-order valence-corrected chi connectivity index (χ3v) is 15.9. The van der Waals surface area contributed by atoms with E-state index < -0.39 is 8.07 Å². The Labute approximate surface area is 323 Å². The van der Waals surface area contributed by atoms with Gasteiger partial charge in [-0.15, -0.1) is 0 Å². The molecule has 0 bridgehead atoms. The highest BCUT2D eigenvalue weighted by Gasteiger charge is 2.48. The maximum absolute atomic E-state index is 5.02. The fourth-order valence-corrected chi connectivity index (χ4v) is 13.6. The minimum atomic E-state index is -2.48. The predicted octanol–water partition coefficient (Wildman–Crippen LogP) is 10.2. The smallest absolute Gasteiger partial charge is 0.180 e. The first-order chi connectivity index (χ1) is 27.3. The number of aromatic nitrogens is 2. The lowest BCUT2D eigenvalue weighted by Crippen LogP contribution is -2.72. The van der Waals surface area contributed by atoms with Gasteiger partial charge in [-0.2, -0.15) is 0 Å². The zero-order valence-electron chi connectivity index (χ0n) is 30.2. The maximum atomic E-state index is 5.02. The molecule has 0 aliphatic carbocycles. The van der Waals surface area contributed by atoms with Crippen molar-refractivity contribution >= 4 is 28.8 Å². The molecule has 8 aromatic carbocycles. The van der Waals surface area contributed by atoms with Crippen molar-refractivity contribution < 1.29 is 0 Å². The zero-order valence-corrected chi connectivity index (χ0v) is 31.2. The molecule has 3 heteroatoms. The Hall–Kier alpha value is -6.94. The van der Waals surface area contributed by atoms with E-state index in [1.165, 1.54) is 48.6 Å². The first kappa shape index (κ1) is 32.7. The Morgan fingerprint density at radius 1 is 0.273 bits per heavy atom. The van der Waals surface area contributed by atoms with Gasteiger partial charge < -0.3 is 0 Å². The van der Waals surface area contributed by atoms with Gasteiger partial charge in [0.05, 0.1) is 11.4 Å². The van der Waals surface area contributed by atoms with Crippen molar-refractivity contribution in [2.45, 2.75) is 0 Å². The van der Waals surface area contributed by atoms with Gasteiger partial charge in [0.15, 0.2) is 13.9 Å². The molecule has 1 aliphatic heterocycles. The second kappa shape index (κ2) is 13.8. The van der Waals surface area contributed by atoms with E-state index in [0.717, 1.165) is 33.6 Å². The second-order valence-corrected chi connectivity index (χ2v) is 17.9. The van der Waals surface area contributed by atoms with Gasteiger partial charge in [-0.3, -0.25) is 0 Å². The van der Waals surface area contributed by atoms with Crippen LogP contribution in [-0.4, -0.2) is 18.0 Å². The summed E-state index contributed by atoms with van der Waals surface area (Å²) < 4.78 is 0. The molecule has 1 aromatic heterocycles. The van der Waals surface area contributed by atoms with Gasteiger partial charge in [-0.25, -0.2) is 9.97 Å². The van der Waals surface area contributed by atoms with E-state index in [-0.39, 0.29) is 0 Å². The molecular formula is C52H36N2Si. The molecule has 0 radical (unpaired) electrons. The molecule has 0 N–H and O–H groups in total. The monoisotopic (exact) mass is 716 g/mol. The maximum Gasteiger partial charge on any atom is 0.180 e. The lowest BCUT2D eigenvalue weighted by Gasteiger charge is -2.31. The van der Waals surface area contributed by atoms with Crippen molar-refractivity contribution in [2.24, 2.45) is 0 Å². The molecule has 2 nitrogen and oxygen atoms in total. The first-order valence-electron chi connectivity index (χ1n) is 18.8. The molecule has 0 unspecified atom stereocenters. The van der Waals surface area contributed by atoms with Crippen LogP contribution in [0.5, 0.6) is 0 Å². The number of hydrogen-bond acceptors (Lipinski definition) is 2. The SMILES string of the molecule is c1ccc(-c2cc(-c3ccccc3)nc(-c3ccc(-c4ccc(-c5ccc6c(c5)-c5ccccc5[Si]6(c5ccccc5)c5ccccc5)cc4)cc3)n2)cc1. The number of benzene rings is 8. The van der Waals surface area contributed by atoms with E-state index in [1.54, 1.807) is 0 Å². The summed E-state index contributed by atoms with van der Waals surface area (Å²) in [6.07, 6.45) is 0. The number of rotatable bonds is 7. The Balaban J connectivity index is 0.985. The van der Waals surface area contributed by atoms with Crippen LogP contribution in [0.3, 0.4) is 0 Å². The van der Waals surface area contributed by atoms with E-state index in [1.807, 2.05) is 36.4 Å². The molecule has 0 saturated heterocycles. The summed E-state index contributed by atoms with van der Waals surface area (Å²) in [5, 5.41) is 5.76. The third kappa shape index (κ3) is 5.74. The van der Waals surface area contributed by atoms with E-state index >= 15 is 0 Å². The average Bonchev–Trinajstić information content (AvgIpc) is 3.58. The topological polar surface area (TPSA) is 25.8 Å². The molecule has 258 valence electrons. The predicted molar refractivity (Wildman–Crippen MR) is 232 cm³/mol. The van der Waals surface area contributed by atoms with Gasteiger partial charge in [0.25, 0.3) is 0 Å². The summed E-state index contributed by atoms with van der Waals surface area (Å²) in [6, 6.07) is 78.9. The van der Waals surface area contributed by atoms with Crippen LogP contribution in [0.2, 0.25) is 0 Å². The molecule has 0 spiro atoms. The van der Waals surface area contributed by atoms with Crippen LogP contribution in [0, 0.1) is 0 Å². The third-order valence-electron chi connectivity index (χ3n) is 11.0.